The highest BCUT2D eigenvalue weighted by Gasteiger charge is 2.44. The minimum absolute atomic E-state index is 0.0626. The van der Waals surface area contributed by atoms with Crippen molar-refractivity contribution in [3.05, 3.63) is 70.3 Å². The van der Waals surface area contributed by atoms with E-state index in [1.54, 1.807) is 20.1 Å². The standard InChI is InChI=1S/C40H52ClN3O7S/c1-26-6-4-8-36(48-3)33-12-9-30(33)22-44-24-40(17-5-7-28-20-31(41)11-13-34(28)40)25-51-37-14-10-29(21-35(37)44)39(46)43-52(47,27(26)2)42-38(45)23-50-32-15-18-49-19-16-32/h4,8,10-11,13-14,20-21,26-27,30,32-33,36H,5-7,9,12,15-19,22-25H2,1-3H3,(H,42,43,45,46,47)/b8-4+/t26-,27+,30-,33+,36-,40-,52?/m0/s1. The van der Waals surface area contributed by atoms with Gasteiger partial charge < -0.3 is 23.8 Å². The van der Waals surface area contributed by atoms with E-state index in [4.69, 9.17) is 30.5 Å². The maximum absolute atomic E-state index is 14.8. The van der Waals surface area contributed by atoms with Gasteiger partial charge in [0.2, 0.25) is 0 Å². The number of nitrogens with zero attached hydrogens (tertiary/aromatic N) is 2. The van der Waals surface area contributed by atoms with Gasteiger partial charge in [-0.05, 0) is 118 Å². The molecule has 3 heterocycles. The van der Waals surface area contributed by atoms with Crippen LogP contribution in [0.15, 0.2) is 52.9 Å². The number of benzene rings is 2. The van der Waals surface area contributed by atoms with E-state index in [1.165, 1.54) is 11.1 Å². The van der Waals surface area contributed by atoms with Gasteiger partial charge in [-0.3, -0.25) is 14.3 Å². The molecule has 5 aliphatic rings. The Morgan fingerprint density at radius 2 is 1.96 bits per heavy atom. The predicted molar refractivity (Wildman–Crippen MR) is 202 cm³/mol. The van der Waals surface area contributed by atoms with Gasteiger partial charge in [0.1, 0.15) is 22.3 Å². The van der Waals surface area contributed by atoms with E-state index in [0.717, 1.165) is 49.4 Å². The smallest absolute Gasteiger partial charge is 0.286 e. The highest BCUT2D eigenvalue weighted by atomic mass is 35.5. The Labute approximate surface area is 313 Å². The molecule has 12 heteroatoms. The second kappa shape index (κ2) is 15.8. The Kier molecular flexibility index (Phi) is 11.3. The predicted octanol–water partition coefficient (Wildman–Crippen LogP) is 6.67. The fourth-order valence-electron chi connectivity index (χ4n) is 8.72. The van der Waals surface area contributed by atoms with Crippen LogP contribution in [0.2, 0.25) is 5.02 Å². The topological polar surface area (TPSA) is 116 Å². The maximum atomic E-state index is 14.8. The van der Waals surface area contributed by atoms with Crippen LogP contribution < -0.4 is 14.4 Å². The number of carbonyl (C=O) groups is 2. The summed E-state index contributed by atoms with van der Waals surface area (Å²) in [5, 5.41) is 0.101. The molecular weight excluding hydrogens is 702 g/mol. The third kappa shape index (κ3) is 7.80. The lowest BCUT2D eigenvalue weighted by atomic mass is 9.68. The highest BCUT2D eigenvalue weighted by molar-refractivity contribution is 7.93. The van der Waals surface area contributed by atoms with Gasteiger partial charge in [-0.1, -0.05) is 36.7 Å². The number of aryl methyl sites for hydroxylation is 1. The molecule has 282 valence electrons. The molecule has 2 aromatic rings. The number of fused-ring (bicyclic) bond motifs is 4. The highest BCUT2D eigenvalue weighted by Crippen LogP contribution is 2.47. The molecule has 7 rings (SSSR count). The van der Waals surface area contributed by atoms with Crippen molar-refractivity contribution in [3.63, 3.8) is 0 Å². The van der Waals surface area contributed by atoms with Gasteiger partial charge in [0.15, 0.2) is 0 Å². The second-order valence-corrected chi connectivity index (χ2v) is 18.2. The zero-order chi connectivity index (χ0) is 36.5. The number of allylic oxidation sites excluding steroid dienone is 1. The van der Waals surface area contributed by atoms with Crippen molar-refractivity contribution < 1.29 is 32.7 Å². The minimum atomic E-state index is -3.57. The summed E-state index contributed by atoms with van der Waals surface area (Å²) in [6.45, 7) is 6.65. The number of methoxy groups -OCH3 is 1. The summed E-state index contributed by atoms with van der Waals surface area (Å²) in [5.41, 5.74) is 3.40. The van der Waals surface area contributed by atoms with E-state index in [9.17, 15) is 13.8 Å². The molecule has 1 saturated heterocycles. The normalized spacial score (nSPS) is 33.0. The van der Waals surface area contributed by atoms with E-state index >= 15 is 0 Å². The summed E-state index contributed by atoms with van der Waals surface area (Å²) in [6.07, 6.45) is 11.2. The van der Waals surface area contributed by atoms with Gasteiger partial charge in [-0.2, -0.15) is 0 Å². The van der Waals surface area contributed by atoms with Crippen LogP contribution in [0, 0.1) is 17.8 Å². The number of hydrogen-bond donors (Lipinski definition) is 1. The first kappa shape index (κ1) is 37.4. The first-order valence-corrected chi connectivity index (χ1v) is 20.8. The van der Waals surface area contributed by atoms with E-state index in [-0.39, 0.29) is 30.1 Å². The molecule has 0 radical (unpaired) electrons. The molecule has 52 heavy (non-hydrogen) atoms. The number of nitrogens with one attached hydrogen (secondary N) is 1. The van der Waals surface area contributed by atoms with Gasteiger partial charge in [0.05, 0.1) is 29.8 Å². The Bertz CT molecular complexity index is 1800. The zero-order valence-electron chi connectivity index (χ0n) is 30.5. The molecule has 1 saturated carbocycles. The van der Waals surface area contributed by atoms with Gasteiger partial charge >= 0.3 is 0 Å². The summed E-state index contributed by atoms with van der Waals surface area (Å²) in [7, 11) is -1.81. The number of anilines is 1. The average molecular weight is 754 g/mol. The monoisotopic (exact) mass is 753 g/mol. The van der Waals surface area contributed by atoms with Gasteiger partial charge in [-0.15, -0.1) is 4.36 Å². The van der Waals surface area contributed by atoms with Crippen molar-refractivity contribution in [2.45, 2.75) is 88.1 Å². The Balaban J connectivity index is 1.26. The van der Waals surface area contributed by atoms with Crippen LogP contribution in [-0.4, -0.2) is 80.1 Å². The fraction of sp³-hybridized carbons (Fsp3) is 0.600. The molecule has 3 aliphatic heterocycles. The van der Waals surface area contributed by atoms with Gasteiger partial charge in [0, 0.05) is 49.4 Å². The van der Waals surface area contributed by atoms with Crippen molar-refractivity contribution in [3.8, 4) is 5.75 Å². The molecule has 1 spiro atoms. The summed E-state index contributed by atoms with van der Waals surface area (Å²) in [4.78, 5) is 29.7. The number of ether oxygens (including phenoxy) is 4. The summed E-state index contributed by atoms with van der Waals surface area (Å²) in [5.74, 6) is 0.0560. The molecule has 0 aromatic heterocycles. The molecule has 2 amide bonds. The lowest BCUT2D eigenvalue weighted by molar-refractivity contribution is -0.128. The number of carbonyl (C=O) groups excluding carboxylic acids is 2. The van der Waals surface area contributed by atoms with E-state index in [2.05, 4.69) is 38.3 Å². The molecule has 1 N–H and O–H groups in total. The summed E-state index contributed by atoms with van der Waals surface area (Å²) < 4.78 is 45.7. The van der Waals surface area contributed by atoms with Crippen LogP contribution in [0.25, 0.3) is 0 Å². The third-order valence-corrected chi connectivity index (χ3v) is 14.8. The molecule has 2 bridgehead atoms. The van der Waals surface area contributed by atoms with Crippen LogP contribution in [0.4, 0.5) is 5.69 Å². The second-order valence-electron chi connectivity index (χ2n) is 15.4. The molecule has 2 aliphatic carbocycles. The molecule has 10 nitrogen and oxygen atoms in total. The summed E-state index contributed by atoms with van der Waals surface area (Å²) in [6, 6.07) is 11.6. The van der Waals surface area contributed by atoms with Crippen molar-refractivity contribution in [1.29, 1.82) is 0 Å². The molecule has 2 aromatic carbocycles. The van der Waals surface area contributed by atoms with Crippen LogP contribution in [0.3, 0.4) is 0 Å². The zero-order valence-corrected chi connectivity index (χ0v) is 32.1. The minimum Gasteiger partial charge on any atom is -0.490 e. The van der Waals surface area contributed by atoms with Crippen molar-refractivity contribution in [2.24, 2.45) is 22.1 Å². The Hall–Kier alpha value is -2.96. The number of hydrogen-bond acceptors (Lipinski definition) is 8. The number of amides is 2. The van der Waals surface area contributed by atoms with Crippen LogP contribution >= 0.6 is 11.6 Å². The largest absolute Gasteiger partial charge is 0.490 e. The first-order chi connectivity index (χ1) is 25.1. The van der Waals surface area contributed by atoms with Gasteiger partial charge in [0.25, 0.3) is 11.8 Å². The Morgan fingerprint density at radius 3 is 2.73 bits per heavy atom. The fourth-order valence-corrected chi connectivity index (χ4v) is 10.8. The first-order valence-electron chi connectivity index (χ1n) is 18.9. The van der Waals surface area contributed by atoms with Crippen LogP contribution in [0.5, 0.6) is 5.75 Å². The van der Waals surface area contributed by atoms with E-state index in [1.807, 2.05) is 25.1 Å². The van der Waals surface area contributed by atoms with E-state index < -0.39 is 27.0 Å². The van der Waals surface area contributed by atoms with Crippen molar-refractivity contribution in [1.82, 2.24) is 4.72 Å². The van der Waals surface area contributed by atoms with Crippen LogP contribution in [0.1, 0.15) is 80.3 Å². The molecule has 1 unspecified atom stereocenters. The van der Waals surface area contributed by atoms with Crippen LogP contribution in [-0.2, 0) is 40.8 Å². The summed E-state index contributed by atoms with van der Waals surface area (Å²) >= 11 is 6.46. The third-order valence-electron chi connectivity index (χ3n) is 12.1. The Morgan fingerprint density at radius 1 is 1.13 bits per heavy atom. The van der Waals surface area contributed by atoms with Gasteiger partial charge in [-0.25, -0.2) is 4.21 Å². The average Bonchev–Trinajstić information content (AvgIpc) is 3.28. The quantitative estimate of drug-likeness (QED) is 0.337. The maximum Gasteiger partial charge on any atom is 0.286 e. The van der Waals surface area contributed by atoms with Crippen molar-refractivity contribution in [2.75, 3.05) is 51.5 Å². The molecule has 7 atom stereocenters. The number of halogens is 1. The number of rotatable bonds is 5. The molecule has 2 fully saturated rings. The molecular formula is C40H52ClN3O7S. The van der Waals surface area contributed by atoms with Crippen molar-refractivity contribution >= 4 is 39.0 Å². The van der Waals surface area contributed by atoms with E-state index in [0.29, 0.717) is 68.8 Å². The lowest BCUT2D eigenvalue weighted by Gasteiger charge is -2.46. The SMILES string of the molecule is CO[C@H]1/C=C/C[C@H](C)[C@@H](C)S(=O)(NC(=O)COC2CCOCC2)=NC(=O)c2ccc3c(c2)N(C[C@@H]2CC[C@H]21)C[C@@]1(CCCc2cc(Cl)ccc21)CO3. The lowest BCUT2D eigenvalue weighted by Crippen LogP contribution is -2.49.